The smallest absolute Gasteiger partial charge is 0.224 e. The molecule has 1 aliphatic carbocycles. The molecule has 0 aromatic heterocycles. The lowest BCUT2D eigenvalue weighted by Crippen LogP contribution is -2.36. The van der Waals surface area contributed by atoms with Crippen molar-refractivity contribution in [3.8, 4) is 0 Å². The van der Waals surface area contributed by atoms with Crippen LogP contribution >= 0.6 is 11.6 Å². The molecule has 0 unspecified atom stereocenters. The minimum Gasteiger partial charge on any atom is -0.550 e. The van der Waals surface area contributed by atoms with Crippen LogP contribution in [0.3, 0.4) is 0 Å². The number of carboxylic acids is 1. The Bertz CT molecular complexity index is 524. The van der Waals surface area contributed by atoms with Crippen molar-refractivity contribution in [3.63, 3.8) is 0 Å². The number of anilines is 1. The van der Waals surface area contributed by atoms with Crippen molar-refractivity contribution in [2.45, 2.75) is 44.9 Å². The molecule has 0 bridgehead atoms. The summed E-state index contributed by atoms with van der Waals surface area (Å²) in [6, 6.07) is 6.92. The average molecular weight is 309 g/mol. The minimum absolute atomic E-state index is 0.0457. The molecule has 1 saturated carbocycles. The zero-order valence-electron chi connectivity index (χ0n) is 11.9. The van der Waals surface area contributed by atoms with E-state index in [0.717, 1.165) is 32.1 Å². The van der Waals surface area contributed by atoms with E-state index in [4.69, 9.17) is 11.6 Å². The molecule has 0 aliphatic heterocycles. The summed E-state index contributed by atoms with van der Waals surface area (Å²) in [5.41, 5.74) is 0.173. The number of halogens is 1. The SMILES string of the molecule is O=C([O-])CC1(CC(=O)Nc2cccc(Cl)c2)CCCCC1. The summed E-state index contributed by atoms with van der Waals surface area (Å²) < 4.78 is 0. The first-order valence-corrected chi connectivity index (χ1v) is 7.62. The van der Waals surface area contributed by atoms with E-state index in [9.17, 15) is 14.7 Å². The zero-order chi connectivity index (χ0) is 15.3. The second kappa shape index (κ2) is 6.94. The Labute approximate surface area is 129 Å². The number of hydrogen-bond donors (Lipinski definition) is 1. The number of carboxylic acid groups (broad SMARTS) is 1. The van der Waals surface area contributed by atoms with E-state index in [1.54, 1.807) is 24.3 Å². The van der Waals surface area contributed by atoms with Crippen molar-refractivity contribution in [2.24, 2.45) is 5.41 Å². The number of aliphatic carboxylic acids is 1. The normalized spacial score (nSPS) is 17.2. The fourth-order valence-corrected chi connectivity index (χ4v) is 3.33. The molecule has 1 N–H and O–H groups in total. The third-order valence-electron chi connectivity index (χ3n) is 4.08. The van der Waals surface area contributed by atoms with Crippen LogP contribution in [0.4, 0.5) is 5.69 Å². The summed E-state index contributed by atoms with van der Waals surface area (Å²) >= 11 is 5.88. The minimum atomic E-state index is -1.08. The van der Waals surface area contributed by atoms with Gasteiger partial charge in [-0.1, -0.05) is 36.9 Å². The number of carbonyl (C=O) groups excluding carboxylic acids is 2. The first kappa shape index (κ1) is 15.8. The molecule has 114 valence electrons. The van der Waals surface area contributed by atoms with Crippen LogP contribution in [0.2, 0.25) is 5.02 Å². The van der Waals surface area contributed by atoms with Crippen LogP contribution < -0.4 is 10.4 Å². The molecular formula is C16H19ClNO3-. The van der Waals surface area contributed by atoms with Crippen molar-refractivity contribution in [1.29, 1.82) is 0 Å². The Morgan fingerprint density at radius 3 is 2.52 bits per heavy atom. The molecule has 0 atom stereocenters. The molecule has 0 spiro atoms. The van der Waals surface area contributed by atoms with Crippen LogP contribution in [-0.4, -0.2) is 11.9 Å². The third-order valence-corrected chi connectivity index (χ3v) is 4.31. The van der Waals surface area contributed by atoms with Gasteiger partial charge in [0.25, 0.3) is 0 Å². The first-order chi connectivity index (χ1) is 9.99. The van der Waals surface area contributed by atoms with E-state index in [0.29, 0.717) is 10.7 Å². The monoisotopic (exact) mass is 308 g/mol. The van der Waals surface area contributed by atoms with Gasteiger partial charge in [0.2, 0.25) is 5.91 Å². The Kier molecular flexibility index (Phi) is 5.23. The largest absolute Gasteiger partial charge is 0.550 e. The van der Waals surface area contributed by atoms with Crippen LogP contribution in [0.15, 0.2) is 24.3 Å². The lowest BCUT2D eigenvalue weighted by molar-refractivity contribution is -0.308. The second-order valence-electron chi connectivity index (χ2n) is 5.84. The molecular weight excluding hydrogens is 290 g/mol. The van der Waals surface area contributed by atoms with Gasteiger partial charge in [0.15, 0.2) is 0 Å². The van der Waals surface area contributed by atoms with Crippen LogP contribution in [0.25, 0.3) is 0 Å². The van der Waals surface area contributed by atoms with Gasteiger partial charge in [-0.05, 0) is 42.9 Å². The van der Waals surface area contributed by atoms with E-state index in [1.165, 1.54) is 0 Å². The number of nitrogens with one attached hydrogen (secondary N) is 1. The Morgan fingerprint density at radius 2 is 1.90 bits per heavy atom. The Morgan fingerprint density at radius 1 is 1.19 bits per heavy atom. The van der Waals surface area contributed by atoms with Gasteiger partial charge in [0.1, 0.15) is 0 Å². The molecule has 5 heteroatoms. The van der Waals surface area contributed by atoms with Crippen LogP contribution in [0.5, 0.6) is 0 Å². The maximum absolute atomic E-state index is 12.2. The third kappa shape index (κ3) is 4.74. The van der Waals surface area contributed by atoms with Crippen LogP contribution in [0.1, 0.15) is 44.9 Å². The predicted octanol–water partition coefficient (Wildman–Crippen LogP) is 2.76. The van der Waals surface area contributed by atoms with Crippen LogP contribution in [-0.2, 0) is 9.59 Å². The maximum atomic E-state index is 12.2. The molecule has 2 rings (SSSR count). The van der Waals surface area contributed by atoms with Gasteiger partial charge in [-0.25, -0.2) is 0 Å². The van der Waals surface area contributed by atoms with Crippen molar-refractivity contribution in [1.82, 2.24) is 0 Å². The molecule has 0 heterocycles. The van der Waals surface area contributed by atoms with E-state index >= 15 is 0 Å². The summed E-state index contributed by atoms with van der Waals surface area (Å²) in [6.07, 6.45) is 4.75. The molecule has 0 radical (unpaired) electrons. The summed E-state index contributed by atoms with van der Waals surface area (Å²) in [5.74, 6) is -1.24. The van der Waals surface area contributed by atoms with Crippen molar-refractivity contribution in [3.05, 3.63) is 29.3 Å². The summed E-state index contributed by atoms with van der Waals surface area (Å²) in [4.78, 5) is 23.2. The number of amides is 1. The topological polar surface area (TPSA) is 69.2 Å². The van der Waals surface area contributed by atoms with Crippen molar-refractivity contribution < 1.29 is 14.7 Å². The summed E-state index contributed by atoms with van der Waals surface area (Å²) in [7, 11) is 0. The van der Waals surface area contributed by atoms with Gasteiger partial charge in [0.05, 0.1) is 0 Å². The van der Waals surface area contributed by atoms with Gasteiger partial charge in [-0.15, -0.1) is 0 Å². The van der Waals surface area contributed by atoms with Crippen molar-refractivity contribution >= 4 is 29.2 Å². The molecule has 1 amide bonds. The Hall–Kier alpha value is -1.55. The van der Waals surface area contributed by atoms with E-state index in [1.807, 2.05) is 0 Å². The molecule has 21 heavy (non-hydrogen) atoms. The molecule has 1 fully saturated rings. The van der Waals surface area contributed by atoms with Gasteiger partial charge in [0, 0.05) is 23.1 Å². The highest BCUT2D eigenvalue weighted by molar-refractivity contribution is 6.30. The first-order valence-electron chi connectivity index (χ1n) is 7.24. The van der Waals surface area contributed by atoms with E-state index < -0.39 is 11.4 Å². The lowest BCUT2D eigenvalue weighted by Gasteiger charge is -2.37. The number of rotatable bonds is 5. The van der Waals surface area contributed by atoms with Crippen molar-refractivity contribution in [2.75, 3.05) is 5.32 Å². The summed E-state index contributed by atoms with van der Waals surface area (Å²) in [5, 5.41) is 14.3. The number of benzene rings is 1. The van der Waals surface area contributed by atoms with Gasteiger partial charge in [-0.3, -0.25) is 4.79 Å². The number of hydrogen-bond acceptors (Lipinski definition) is 3. The lowest BCUT2D eigenvalue weighted by atomic mass is 9.69. The Balaban J connectivity index is 2.02. The highest BCUT2D eigenvalue weighted by Gasteiger charge is 2.34. The fraction of sp³-hybridized carbons (Fsp3) is 0.500. The highest BCUT2D eigenvalue weighted by atomic mass is 35.5. The maximum Gasteiger partial charge on any atom is 0.224 e. The van der Waals surface area contributed by atoms with E-state index in [-0.39, 0.29) is 18.7 Å². The quantitative estimate of drug-likeness (QED) is 0.909. The zero-order valence-corrected chi connectivity index (χ0v) is 12.6. The second-order valence-corrected chi connectivity index (χ2v) is 6.28. The van der Waals surface area contributed by atoms with E-state index in [2.05, 4.69) is 5.32 Å². The summed E-state index contributed by atoms with van der Waals surface area (Å²) in [6.45, 7) is 0. The predicted molar refractivity (Wildman–Crippen MR) is 79.8 cm³/mol. The average Bonchev–Trinajstić information content (AvgIpc) is 2.38. The molecule has 0 saturated heterocycles. The molecule has 1 aromatic rings. The highest BCUT2D eigenvalue weighted by Crippen LogP contribution is 2.42. The fourth-order valence-electron chi connectivity index (χ4n) is 3.14. The standard InChI is InChI=1S/C16H20ClNO3/c17-12-5-4-6-13(9-12)18-14(19)10-16(11-15(20)21)7-2-1-3-8-16/h4-6,9H,1-3,7-8,10-11H2,(H,18,19)(H,20,21)/p-1. The molecule has 1 aliphatic rings. The molecule has 4 nitrogen and oxygen atoms in total. The van der Waals surface area contributed by atoms with Gasteiger partial charge < -0.3 is 15.2 Å². The van der Waals surface area contributed by atoms with Gasteiger partial charge in [-0.2, -0.15) is 0 Å². The van der Waals surface area contributed by atoms with Gasteiger partial charge >= 0.3 is 0 Å². The number of carbonyl (C=O) groups is 2. The van der Waals surface area contributed by atoms with Crippen LogP contribution in [0, 0.1) is 5.41 Å². The molecule has 1 aromatic carbocycles.